The van der Waals surface area contributed by atoms with Crippen molar-refractivity contribution in [3.8, 4) is 11.5 Å². The first-order valence-corrected chi connectivity index (χ1v) is 9.98. The number of hydrogen-bond donors (Lipinski definition) is 2. The Kier molecular flexibility index (Phi) is 7.25. The normalized spacial score (nSPS) is 17.5. The van der Waals surface area contributed by atoms with Crippen LogP contribution in [0.3, 0.4) is 0 Å². The molecule has 4 nitrogen and oxygen atoms in total. The van der Waals surface area contributed by atoms with Crippen LogP contribution in [-0.2, 0) is 16.0 Å². The summed E-state index contributed by atoms with van der Waals surface area (Å²) in [4.78, 5) is 11.6. The zero-order valence-corrected chi connectivity index (χ0v) is 14.1. The van der Waals surface area contributed by atoms with Gasteiger partial charge < -0.3 is 14.9 Å². The molecule has 6 heteroatoms. The first-order valence-electron chi connectivity index (χ1n) is 7.60. The van der Waals surface area contributed by atoms with Gasteiger partial charge in [0.2, 0.25) is 0 Å². The van der Waals surface area contributed by atoms with E-state index in [2.05, 4.69) is 0 Å². The van der Waals surface area contributed by atoms with Crippen LogP contribution in [0.1, 0.15) is 37.7 Å². The molecule has 1 aromatic carbocycles. The van der Waals surface area contributed by atoms with Crippen molar-refractivity contribution in [2.75, 3.05) is 12.4 Å². The van der Waals surface area contributed by atoms with E-state index in [1.165, 1.54) is 30.7 Å². The van der Waals surface area contributed by atoms with Crippen LogP contribution >= 0.6 is 21.6 Å². The van der Waals surface area contributed by atoms with E-state index >= 15 is 0 Å². The van der Waals surface area contributed by atoms with E-state index in [1.54, 1.807) is 6.07 Å². The summed E-state index contributed by atoms with van der Waals surface area (Å²) in [5.74, 6) is 0.812. The Morgan fingerprint density at radius 1 is 1.27 bits per heavy atom. The third-order valence-electron chi connectivity index (χ3n) is 3.58. The molecule has 122 valence electrons. The number of esters is 1. The summed E-state index contributed by atoms with van der Waals surface area (Å²) in [5.41, 5.74) is 0.832. The van der Waals surface area contributed by atoms with E-state index in [9.17, 15) is 15.0 Å². The highest BCUT2D eigenvalue weighted by molar-refractivity contribution is 8.77. The van der Waals surface area contributed by atoms with Gasteiger partial charge in [0, 0.05) is 23.8 Å². The predicted octanol–water partition coefficient (Wildman–Crippen LogP) is 3.90. The highest BCUT2D eigenvalue weighted by Crippen LogP contribution is 2.39. The molecule has 1 fully saturated rings. The predicted molar refractivity (Wildman–Crippen MR) is 91.4 cm³/mol. The summed E-state index contributed by atoms with van der Waals surface area (Å²) >= 11 is 0. The van der Waals surface area contributed by atoms with E-state index in [1.807, 2.05) is 21.6 Å². The molecule has 1 saturated heterocycles. The SMILES string of the molecule is O=C(CCCCC1CCSS1)OCCc1ccc(O)c(O)c1. The average Bonchev–Trinajstić information content (AvgIpc) is 3.01. The lowest BCUT2D eigenvalue weighted by Gasteiger charge is -2.08. The topological polar surface area (TPSA) is 66.8 Å². The minimum absolute atomic E-state index is 0.139. The van der Waals surface area contributed by atoms with E-state index in [-0.39, 0.29) is 17.5 Å². The highest BCUT2D eigenvalue weighted by Gasteiger charge is 2.15. The van der Waals surface area contributed by atoms with Crippen LogP contribution in [0.15, 0.2) is 18.2 Å². The van der Waals surface area contributed by atoms with Crippen molar-refractivity contribution >= 4 is 27.6 Å². The fraction of sp³-hybridized carbons (Fsp3) is 0.562. The zero-order chi connectivity index (χ0) is 15.8. The van der Waals surface area contributed by atoms with Crippen LogP contribution in [0.25, 0.3) is 0 Å². The number of phenolic OH excluding ortho intramolecular Hbond substituents is 2. The highest BCUT2D eigenvalue weighted by atomic mass is 33.1. The lowest BCUT2D eigenvalue weighted by molar-refractivity contribution is -0.143. The van der Waals surface area contributed by atoms with Crippen molar-refractivity contribution in [3.05, 3.63) is 23.8 Å². The maximum Gasteiger partial charge on any atom is 0.305 e. The van der Waals surface area contributed by atoms with Gasteiger partial charge in [-0.05, 0) is 37.0 Å². The number of unbranched alkanes of at least 4 members (excludes halogenated alkanes) is 1. The Morgan fingerprint density at radius 3 is 2.86 bits per heavy atom. The molecular formula is C16H22O4S2. The summed E-state index contributed by atoms with van der Waals surface area (Å²) in [6.07, 6.45) is 5.47. The molecule has 0 radical (unpaired) electrons. The summed E-state index contributed by atoms with van der Waals surface area (Å²) in [6.45, 7) is 0.304. The zero-order valence-electron chi connectivity index (χ0n) is 12.5. The number of phenols is 2. The Balaban J connectivity index is 1.54. The maximum atomic E-state index is 11.6. The standard InChI is InChI=1S/C16H22O4S2/c17-14-6-5-12(11-15(14)18)7-9-20-16(19)4-2-1-3-13-8-10-21-22-13/h5-6,11,13,17-18H,1-4,7-10H2. The van der Waals surface area contributed by atoms with Crippen molar-refractivity contribution in [3.63, 3.8) is 0 Å². The second-order valence-electron chi connectivity index (χ2n) is 5.37. The number of carbonyl (C=O) groups is 1. The number of benzene rings is 1. The second kappa shape index (κ2) is 9.20. The molecule has 0 amide bonds. The molecule has 0 aromatic heterocycles. The van der Waals surface area contributed by atoms with Crippen LogP contribution in [0.2, 0.25) is 0 Å². The lowest BCUT2D eigenvalue weighted by Crippen LogP contribution is -2.08. The third kappa shape index (κ3) is 6.01. The molecule has 0 bridgehead atoms. The van der Waals surface area contributed by atoms with Gasteiger partial charge in [0.15, 0.2) is 11.5 Å². The van der Waals surface area contributed by atoms with Crippen molar-refractivity contribution < 1.29 is 19.7 Å². The number of rotatable bonds is 8. The molecule has 1 heterocycles. The molecule has 1 unspecified atom stereocenters. The first-order chi connectivity index (χ1) is 10.6. The van der Waals surface area contributed by atoms with Gasteiger partial charge >= 0.3 is 5.97 Å². The van der Waals surface area contributed by atoms with E-state index in [4.69, 9.17) is 4.74 Å². The molecule has 0 aliphatic carbocycles. The Morgan fingerprint density at radius 2 is 2.14 bits per heavy atom. The maximum absolute atomic E-state index is 11.6. The minimum atomic E-state index is -0.156. The summed E-state index contributed by atoms with van der Waals surface area (Å²) in [5, 5.41) is 19.4. The third-order valence-corrected chi connectivity index (χ3v) is 6.58. The van der Waals surface area contributed by atoms with Gasteiger partial charge in [0.1, 0.15) is 0 Å². The summed E-state index contributed by atoms with van der Waals surface area (Å²) in [7, 11) is 3.93. The van der Waals surface area contributed by atoms with Crippen LogP contribution in [-0.4, -0.2) is 33.8 Å². The van der Waals surface area contributed by atoms with E-state index in [0.29, 0.717) is 19.4 Å². The minimum Gasteiger partial charge on any atom is -0.504 e. The van der Waals surface area contributed by atoms with Crippen molar-refractivity contribution in [2.24, 2.45) is 0 Å². The quantitative estimate of drug-likeness (QED) is 0.323. The van der Waals surface area contributed by atoms with Gasteiger partial charge in [-0.2, -0.15) is 0 Å². The largest absolute Gasteiger partial charge is 0.504 e. The number of ether oxygens (including phenoxy) is 1. The van der Waals surface area contributed by atoms with Crippen molar-refractivity contribution in [2.45, 2.75) is 43.8 Å². The molecular weight excluding hydrogens is 320 g/mol. The number of aromatic hydroxyl groups is 2. The van der Waals surface area contributed by atoms with Crippen LogP contribution in [0.5, 0.6) is 11.5 Å². The van der Waals surface area contributed by atoms with Gasteiger partial charge in [-0.3, -0.25) is 4.79 Å². The lowest BCUT2D eigenvalue weighted by atomic mass is 10.1. The van der Waals surface area contributed by atoms with Gasteiger partial charge in [0.25, 0.3) is 0 Å². The van der Waals surface area contributed by atoms with E-state index < -0.39 is 0 Å². The molecule has 2 rings (SSSR count). The van der Waals surface area contributed by atoms with Gasteiger partial charge in [-0.15, -0.1) is 0 Å². The van der Waals surface area contributed by atoms with Gasteiger partial charge in [-0.25, -0.2) is 0 Å². The molecule has 1 aliphatic rings. The fourth-order valence-corrected chi connectivity index (χ4v) is 5.31. The van der Waals surface area contributed by atoms with Gasteiger partial charge in [-0.1, -0.05) is 34.1 Å². The Bertz CT molecular complexity index is 487. The molecule has 22 heavy (non-hydrogen) atoms. The van der Waals surface area contributed by atoms with Crippen molar-refractivity contribution in [1.82, 2.24) is 0 Å². The Labute approximate surface area is 139 Å². The smallest absolute Gasteiger partial charge is 0.305 e. The molecule has 0 spiro atoms. The Hall–Kier alpha value is -1.01. The fourth-order valence-electron chi connectivity index (χ4n) is 2.29. The average molecular weight is 342 g/mol. The van der Waals surface area contributed by atoms with Crippen LogP contribution in [0.4, 0.5) is 0 Å². The first kappa shape index (κ1) is 17.3. The molecule has 1 aliphatic heterocycles. The summed E-state index contributed by atoms with van der Waals surface area (Å²) in [6, 6.07) is 4.63. The molecule has 1 aromatic rings. The molecule has 1 atom stereocenters. The second-order valence-corrected chi connectivity index (χ2v) is 8.16. The van der Waals surface area contributed by atoms with Crippen LogP contribution in [0, 0.1) is 0 Å². The van der Waals surface area contributed by atoms with Gasteiger partial charge in [0.05, 0.1) is 6.61 Å². The molecule has 2 N–H and O–H groups in total. The number of hydrogen-bond acceptors (Lipinski definition) is 6. The van der Waals surface area contributed by atoms with E-state index in [0.717, 1.165) is 23.7 Å². The molecule has 0 saturated carbocycles. The van der Waals surface area contributed by atoms with Crippen molar-refractivity contribution in [1.29, 1.82) is 0 Å². The monoisotopic (exact) mass is 342 g/mol. The van der Waals surface area contributed by atoms with Crippen LogP contribution < -0.4 is 0 Å². The number of carbonyl (C=O) groups excluding carboxylic acids is 1. The summed E-state index contributed by atoms with van der Waals surface area (Å²) < 4.78 is 5.20.